The molecule has 2 aromatic rings. The highest BCUT2D eigenvalue weighted by Crippen LogP contribution is 2.40. The number of rotatable bonds is 6. The number of hydrogen-bond acceptors (Lipinski definition) is 6. The molecule has 8 nitrogen and oxygen atoms in total. The van der Waals surface area contributed by atoms with Crippen LogP contribution >= 0.6 is 23.2 Å². The van der Waals surface area contributed by atoms with Crippen molar-refractivity contribution in [2.24, 2.45) is 0 Å². The number of nitrogens with zero attached hydrogens (tertiary/aromatic N) is 4. The molecule has 1 aliphatic heterocycles. The molecule has 0 atom stereocenters. The quantitative estimate of drug-likeness (QED) is 0.649. The Morgan fingerprint density at radius 2 is 2.10 bits per heavy atom. The first-order valence-electron chi connectivity index (χ1n) is 9.66. The lowest BCUT2D eigenvalue weighted by molar-refractivity contribution is 0.197. The number of fused-ring (bicyclic) bond motifs is 1. The molecule has 1 saturated carbocycles. The first-order chi connectivity index (χ1) is 14.5. The van der Waals surface area contributed by atoms with Gasteiger partial charge in [0.2, 0.25) is 5.95 Å². The number of unbranched alkanes of at least 4 members (excludes halogenated alkanes) is 1. The van der Waals surface area contributed by atoms with Crippen LogP contribution in [-0.2, 0) is 13.1 Å². The van der Waals surface area contributed by atoms with E-state index in [1.165, 1.54) is 0 Å². The van der Waals surface area contributed by atoms with Gasteiger partial charge in [-0.15, -0.1) is 0 Å². The van der Waals surface area contributed by atoms with Crippen molar-refractivity contribution in [3.63, 3.8) is 0 Å². The zero-order valence-electron chi connectivity index (χ0n) is 16.1. The number of carbonyl (C=O) groups is 1. The van der Waals surface area contributed by atoms with Crippen molar-refractivity contribution in [3.05, 3.63) is 33.4 Å². The minimum Gasteiger partial charge on any atom is -0.492 e. The number of benzene rings is 1. The summed E-state index contributed by atoms with van der Waals surface area (Å²) < 4.78 is 5.72. The highest BCUT2D eigenvalue weighted by Gasteiger charge is 2.32. The molecule has 2 amide bonds. The van der Waals surface area contributed by atoms with E-state index in [1.807, 2.05) is 0 Å². The first-order valence-corrected chi connectivity index (χ1v) is 10.4. The number of carbonyl (C=O) groups excluding carboxylic acids is 1. The smallest absolute Gasteiger partial charge is 0.318 e. The Bertz CT molecular complexity index is 1030. The predicted octanol–water partition coefficient (Wildman–Crippen LogP) is 3.90. The fourth-order valence-electron chi connectivity index (χ4n) is 3.29. The number of nitrogens with two attached hydrogens (primary N) is 1. The van der Waals surface area contributed by atoms with E-state index < -0.39 is 0 Å². The SMILES string of the molecule is N#CCCCOc1cc(-c2nc(N)nc3c2CN(C(=O)NC2CC2)C3)c(Cl)cc1Cl. The molecule has 0 bridgehead atoms. The Kier molecular flexibility index (Phi) is 5.84. The molecule has 3 N–H and O–H groups in total. The van der Waals surface area contributed by atoms with Crippen LogP contribution in [0.5, 0.6) is 5.75 Å². The van der Waals surface area contributed by atoms with E-state index in [4.69, 9.17) is 38.9 Å². The van der Waals surface area contributed by atoms with Gasteiger partial charge >= 0.3 is 6.03 Å². The average molecular weight is 447 g/mol. The number of nitrogens with one attached hydrogen (secondary N) is 1. The van der Waals surface area contributed by atoms with E-state index in [1.54, 1.807) is 17.0 Å². The van der Waals surface area contributed by atoms with Gasteiger partial charge in [-0.05, 0) is 31.4 Å². The lowest BCUT2D eigenvalue weighted by atomic mass is 10.1. The zero-order chi connectivity index (χ0) is 21.3. The Hall–Kier alpha value is -2.76. The Morgan fingerprint density at radius 3 is 2.83 bits per heavy atom. The van der Waals surface area contributed by atoms with Crippen LogP contribution in [0.3, 0.4) is 0 Å². The van der Waals surface area contributed by atoms with Gasteiger partial charge in [0.1, 0.15) is 5.75 Å². The molecule has 1 aromatic heterocycles. The zero-order valence-corrected chi connectivity index (χ0v) is 17.6. The third kappa shape index (κ3) is 4.37. The fraction of sp³-hybridized carbons (Fsp3) is 0.400. The van der Waals surface area contributed by atoms with Crippen molar-refractivity contribution in [1.82, 2.24) is 20.2 Å². The number of anilines is 1. The minimum absolute atomic E-state index is 0.107. The summed E-state index contributed by atoms with van der Waals surface area (Å²) in [4.78, 5) is 22.9. The maximum absolute atomic E-state index is 12.5. The Labute approximate surface area is 183 Å². The summed E-state index contributed by atoms with van der Waals surface area (Å²) in [6.07, 6.45) is 3.02. The van der Waals surface area contributed by atoms with E-state index in [0.717, 1.165) is 18.4 Å². The van der Waals surface area contributed by atoms with Crippen molar-refractivity contribution in [2.75, 3.05) is 12.3 Å². The topological polar surface area (TPSA) is 117 Å². The number of urea groups is 1. The molecular formula is C20H20Cl2N6O2. The highest BCUT2D eigenvalue weighted by atomic mass is 35.5. The van der Waals surface area contributed by atoms with Crippen LogP contribution in [0.1, 0.15) is 36.9 Å². The van der Waals surface area contributed by atoms with Crippen LogP contribution in [-0.4, -0.2) is 33.5 Å². The molecule has 0 radical (unpaired) electrons. The molecule has 4 rings (SSSR count). The van der Waals surface area contributed by atoms with Gasteiger partial charge in [-0.25, -0.2) is 14.8 Å². The predicted molar refractivity (Wildman–Crippen MR) is 113 cm³/mol. The molecule has 2 heterocycles. The number of ether oxygens (including phenoxy) is 1. The van der Waals surface area contributed by atoms with Gasteiger partial charge in [-0.2, -0.15) is 5.26 Å². The fourth-order valence-corrected chi connectivity index (χ4v) is 3.82. The monoisotopic (exact) mass is 446 g/mol. The van der Waals surface area contributed by atoms with Gasteiger partial charge in [0.05, 0.1) is 47.2 Å². The summed E-state index contributed by atoms with van der Waals surface area (Å²) in [6.45, 7) is 1.07. The summed E-state index contributed by atoms with van der Waals surface area (Å²) in [5.41, 5.74) is 8.60. The average Bonchev–Trinajstić information content (AvgIpc) is 3.41. The maximum atomic E-state index is 12.5. The molecule has 0 saturated heterocycles. The Balaban J connectivity index is 1.63. The van der Waals surface area contributed by atoms with Crippen LogP contribution in [0, 0.1) is 11.3 Å². The molecule has 1 aromatic carbocycles. The van der Waals surface area contributed by atoms with E-state index in [9.17, 15) is 4.79 Å². The number of aromatic nitrogens is 2. The second-order valence-corrected chi connectivity index (χ2v) is 8.12. The molecule has 30 heavy (non-hydrogen) atoms. The number of nitriles is 1. The van der Waals surface area contributed by atoms with Gasteiger partial charge in [0.25, 0.3) is 0 Å². The van der Waals surface area contributed by atoms with Crippen molar-refractivity contribution in [3.8, 4) is 23.1 Å². The molecule has 10 heteroatoms. The standard InChI is InChI=1S/C20H20Cl2N6O2/c21-14-8-15(22)17(30-6-2-1-5-23)7-12(14)18-13-9-28(20(29)25-11-3-4-11)10-16(13)26-19(24)27-18/h7-8,11H,1-4,6,9-10H2,(H,25,29)(H2,24,26,27). The summed E-state index contributed by atoms with van der Waals surface area (Å²) in [7, 11) is 0. The van der Waals surface area contributed by atoms with Gasteiger partial charge in [0.15, 0.2) is 0 Å². The molecule has 2 aliphatic rings. The Morgan fingerprint density at radius 1 is 1.30 bits per heavy atom. The summed E-state index contributed by atoms with van der Waals surface area (Å²) in [6, 6.07) is 5.53. The molecule has 0 unspecified atom stereocenters. The van der Waals surface area contributed by atoms with Crippen molar-refractivity contribution < 1.29 is 9.53 Å². The van der Waals surface area contributed by atoms with Crippen LogP contribution < -0.4 is 15.8 Å². The van der Waals surface area contributed by atoms with Crippen LogP contribution in [0.4, 0.5) is 10.7 Å². The minimum atomic E-state index is -0.122. The van der Waals surface area contributed by atoms with Gasteiger partial charge in [-0.1, -0.05) is 23.2 Å². The summed E-state index contributed by atoms with van der Waals surface area (Å²) >= 11 is 12.7. The first kappa shape index (κ1) is 20.5. The summed E-state index contributed by atoms with van der Waals surface area (Å²) in [5, 5.41) is 12.4. The van der Waals surface area contributed by atoms with Crippen LogP contribution in [0.2, 0.25) is 10.0 Å². The van der Waals surface area contributed by atoms with Crippen molar-refractivity contribution >= 4 is 35.2 Å². The lowest BCUT2D eigenvalue weighted by Gasteiger charge is -2.16. The summed E-state index contributed by atoms with van der Waals surface area (Å²) in [5.74, 6) is 0.553. The lowest BCUT2D eigenvalue weighted by Crippen LogP contribution is -2.37. The second-order valence-electron chi connectivity index (χ2n) is 7.31. The van der Waals surface area contributed by atoms with Gasteiger partial charge < -0.3 is 20.7 Å². The van der Waals surface area contributed by atoms with Crippen LogP contribution in [0.25, 0.3) is 11.3 Å². The number of halogens is 2. The molecular weight excluding hydrogens is 427 g/mol. The number of nitrogen functional groups attached to an aromatic ring is 1. The van der Waals surface area contributed by atoms with Crippen molar-refractivity contribution in [2.45, 2.75) is 44.8 Å². The number of hydrogen-bond donors (Lipinski definition) is 2. The van der Waals surface area contributed by atoms with Crippen LogP contribution in [0.15, 0.2) is 12.1 Å². The highest BCUT2D eigenvalue weighted by molar-refractivity contribution is 6.37. The maximum Gasteiger partial charge on any atom is 0.318 e. The van der Waals surface area contributed by atoms with Gasteiger partial charge in [-0.3, -0.25) is 0 Å². The normalized spacial score (nSPS) is 14.9. The molecule has 0 spiro atoms. The van der Waals surface area contributed by atoms with Gasteiger partial charge in [0, 0.05) is 23.6 Å². The second kappa shape index (κ2) is 8.54. The van der Waals surface area contributed by atoms with Crippen molar-refractivity contribution in [1.29, 1.82) is 5.26 Å². The third-order valence-electron chi connectivity index (χ3n) is 4.96. The largest absolute Gasteiger partial charge is 0.492 e. The third-order valence-corrected chi connectivity index (χ3v) is 5.57. The molecule has 1 fully saturated rings. The van der Waals surface area contributed by atoms with E-state index in [-0.39, 0.29) is 18.0 Å². The molecule has 156 valence electrons. The van der Waals surface area contributed by atoms with E-state index in [0.29, 0.717) is 65.3 Å². The number of amides is 2. The van der Waals surface area contributed by atoms with E-state index in [2.05, 4.69) is 21.4 Å². The van der Waals surface area contributed by atoms with E-state index >= 15 is 0 Å². The molecule has 1 aliphatic carbocycles.